The molecule has 0 amide bonds. The summed E-state index contributed by atoms with van der Waals surface area (Å²) < 4.78 is 38.0. The van der Waals surface area contributed by atoms with E-state index in [1.807, 2.05) is 6.92 Å². The van der Waals surface area contributed by atoms with Crippen molar-refractivity contribution in [1.82, 2.24) is 9.97 Å². The summed E-state index contributed by atoms with van der Waals surface area (Å²) in [5.74, 6) is 0.180. The second-order valence-electron chi connectivity index (χ2n) is 4.75. The van der Waals surface area contributed by atoms with Gasteiger partial charge in [-0.1, -0.05) is 0 Å². The molecule has 0 radical (unpaired) electrons. The molecule has 7 heteroatoms. The van der Waals surface area contributed by atoms with Crippen molar-refractivity contribution in [2.75, 3.05) is 17.7 Å². The number of rotatable bonds is 3. The summed E-state index contributed by atoms with van der Waals surface area (Å²) in [5.41, 5.74) is -1.09. The van der Waals surface area contributed by atoms with Crippen LogP contribution in [0.25, 0.3) is 0 Å². The zero-order valence-electron chi connectivity index (χ0n) is 10.2. The lowest BCUT2D eigenvalue weighted by Gasteiger charge is -2.39. The molecule has 0 saturated heterocycles. The molecule has 1 fully saturated rings. The molecule has 0 aliphatic heterocycles. The van der Waals surface area contributed by atoms with E-state index in [-0.39, 0.29) is 17.3 Å². The first-order chi connectivity index (χ1) is 8.32. The minimum atomic E-state index is -4.47. The molecule has 18 heavy (non-hydrogen) atoms. The molecule has 0 unspecified atom stereocenters. The van der Waals surface area contributed by atoms with Crippen molar-refractivity contribution in [1.29, 1.82) is 0 Å². The van der Waals surface area contributed by atoms with Gasteiger partial charge in [0.2, 0.25) is 5.95 Å². The third kappa shape index (κ3) is 2.65. The van der Waals surface area contributed by atoms with Gasteiger partial charge in [0.05, 0.1) is 0 Å². The molecule has 0 atom stereocenters. The van der Waals surface area contributed by atoms with Crippen LogP contribution in [0.4, 0.5) is 24.9 Å². The minimum Gasteiger partial charge on any atom is -0.365 e. The van der Waals surface area contributed by atoms with Gasteiger partial charge in [0.15, 0.2) is 5.69 Å². The molecule has 0 bridgehead atoms. The second-order valence-corrected chi connectivity index (χ2v) is 4.75. The zero-order chi connectivity index (χ0) is 13.4. The summed E-state index contributed by atoms with van der Waals surface area (Å²) in [6.45, 7) is 1.98. The van der Waals surface area contributed by atoms with Crippen molar-refractivity contribution in [2.24, 2.45) is 0 Å². The van der Waals surface area contributed by atoms with E-state index in [0.29, 0.717) is 0 Å². The molecule has 1 aliphatic carbocycles. The molecular formula is C11H15F3N4. The second kappa shape index (κ2) is 4.29. The van der Waals surface area contributed by atoms with Gasteiger partial charge in [-0.2, -0.15) is 18.2 Å². The van der Waals surface area contributed by atoms with E-state index in [4.69, 9.17) is 0 Å². The van der Waals surface area contributed by atoms with Gasteiger partial charge in [-0.25, -0.2) is 4.98 Å². The van der Waals surface area contributed by atoms with E-state index in [2.05, 4.69) is 20.6 Å². The lowest BCUT2D eigenvalue weighted by Crippen LogP contribution is -2.42. The predicted molar refractivity (Wildman–Crippen MR) is 62.5 cm³/mol. The Labute approximate surface area is 103 Å². The van der Waals surface area contributed by atoms with Crippen LogP contribution in [0.1, 0.15) is 31.9 Å². The number of nitrogens with zero attached hydrogens (tertiary/aromatic N) is 2. The Morgan fingerprint density at radius 1 is 1.28 bits per heavy atom. The third-order valence-corrected chi connectivity index (χ3v) is 3.13. The van der Waals surface area contributed by atoms with Crippen LogP contribution in [0.5, 0.6) is 0 Å². The highest BCUT2D eigenvalue weighted by Crippen LogP contribution is 2.36. The Morgan fingerprint density at radius 3 is 2.39 bits per heavy atom. The van der Waals surface area contributed by atoms with Gasteiger partial charge in [0, 0.05) is 18.7 Å². The van der Waals surface area contributed by atoms with Crippen molar-refractivity contribution in [3.63, 3.8) is 0 Å². The fourth-order valence-corrected chi connectivity index (χ4v) is 1.91. The summed E-state index contributed by atoms with van der Waals surface area (Å²) >= 11 is 0. The molecule has 1 saturated carbocycles. The van der Waals surface area contributed by atoms with Crippen molar-refractivity contribution >= 4 is 11.8 Å². The van der Waals surface area contributed by atoms with Crippen LogP contribution >= 0.6 is 0 Å². The molecule has 1 aromatic rings. The third-order valence-electron chi connectivity index (χ3n) is 3.13. The first-order valence-corrected chi connectivity index (χ1v) is 5.75. The van der Waals surface area contributed by atoms with Gasteiger partial charge in [-0.15, -0.1) is 0 Å². The minimum absolute atomic E-state index is 0.0322. The Morgan fingerprint density at radius 2 is 1.94 bits per heavy atom. The molecule has 2 N–H and O–H groups in total. The fourth-order valence-electron chi connectivity index (χ4n) is 1.91. The number of halogens is 3. The van der Waals surface area contributed by atoms with Crippen molar-refractivity contribution < 1.29 is 13.2 Å². The number of nitrogens with one attached hydrogen (secondary N) is 2. The quantitative estimate of drug-likeness (QED) is 0.877. The summed E-state index contributed by atoms with van der Waals surface area (Å²) in [6, 6.07) is 0.949. The smallest absolute Gasteiger partial charge is 0.365 e. The highest BCUT2D eigenvalue weighted by molar-refractivity contribution is 5.45. The van der Waals surface area contributed by atoms with Gasteiger partial charge >= 0.3 is 6.18 Å². The average molecular weight is 260 g/mol. The maximum Gasteiger partial charge on any atom is 0.433 e. The first-order valence-electron chi connectivity index (χ1n) is 5.75. The summed E-state index contributed by atoms with van der Waals surface area (Å²) in [6.07, 6.45) is -1.51. The van der Waals surface area contributed by atoms with Crippen molar-refractivity contribution in [3.05, 3.63) is 11.8 Å². The molecule has 2 rings (SSSR count). The van der Waals surface area contributed by atoms with E-state index in [9.17, 15) is 13.2 Å². The van der Waals surface area contributed by atoms with E-state index >= 15 is 0 Å². The summed E-state index contributed by atoms with van der Waals surface area (Å²) in [4.78, 5) is 7.41. The van der Waals surface area contributed by atoms with E-state index in [1.54, 1.807) is 0 Å². The van der Waals surface area contributed by atoms with Crippen LogP contribution in [-0.4, -0.2) is 22.6 Å². The van der Waals surface area contributed by atoms with Crippen LogP contribution < -0.4 is 10.6 Å². The first kappa shape index (κ1) is 12.9. The summed E-state index contributed by atoms with van der Waals surface area (Å²) in [7, 11) is 1.49. The molecule has 1 aromatic heterocycles. The summed E-state index contributed by atoms with van der Waals surface area (Å²) in [5, 5.41) is 5.59. The highest BCUT2D eigenvalue weighted by Gasteiger charge is 2.36. The number of hydrogen-bond donors (Lipinski definition) is 2. The van der Waals surface area contributed by atoms with Gasteiger partial charge in [0.25, 0.3) is 0 Å². The van der Waals surface area contributed by atoms with E-state index in [0.717, 1.165) is 25.3 Å². The van der Waals surface area contributed by atoms with Crippen LogP contribution in [0.2, 0.25) is 0 Å². The Kier molecular flexibility index (Phi) is 3.08. The van der Waals surface area contributed by atoms with Crippen LogP contribution in [0, 0.1) is 0 Å². The normalized spacial score (nSPS) is 18.1. The van der Waals surface area contributed by atoms with Gasteiger partial charge in [-0.05, 0) is 26.2 Å². The maximum atomic E-state index is 12.7. The van der Waals surface area contributed by atoms with Crippen molar-refractivity contribution in [3.8, 4) is 0 Å². The van der Waals surface area contributed by atoms with Crippen molar-refractivity contribution in [2.45, 2.75) is 37.9 Å². The van der Waals surface area contributed by atoms with Crippen LogP contribution in [-0.2, 0) is 6.18 Å². The standard InChI is InChI=1S/C11H15F3N4/c1-10(4-3-5-10)18-8-6-7(11(12,13)14)16-9(15-2)17-8/h6H,3-5H2,1-2H3,(H2,15,16,17,18). The molecule has 1 heterocycles. The molecule has 100 valence electrons. The number of alkyl halides is 3. The lowest BCUT2D eigenvalue weighted by molar-refractivity contribution is -0.141. The number of anilines is 2. The molecule has 0 spiro atoms. The SMILES string of the molecule is CNc1nc(NC2(C)CCC2)cc(C(F)(F)F)n1. The Hall–Kier alpha value is -1.53. The van der Waals surface area contributed by atoms with E-state index < -0.39 is 11.9 Å². The predicted octanol–water partition coefficient (Wildman–Crippen LogP) is 2.89. The Balaban J connectivity index is 2.29. The molecule has 1 aliphatic rings. The van der Waals surface area contributed by atoms with Gasteiger partial charge < -0.3 is 10.6 Å². The largest absolute Gasteiger partial charge is 0.433 e. The average Bonchev–Trinajstić information content (AvgIpc) is 2.25. The molecular weight excluding hydrogens is 245 g/mol. The molecule has 0 aromatic carbocycles. The van der Waals surface area contributed by atoms with Crippen LogP contribution in [0.15, 0.2) is 6.07 Å². The van der Waals surface area contributed by atoms with Crippen LogP contribution in [0.3, 0.4) is 0 Å². The number of hydrogen-bond acceptors (Lipinski definition) is 4. The number of aromatic nitrogens is 2. The Bertz CT molecular complexity index is 440. The highest BCUT2D eigenvalue weighted by atomic mass is 19.4. The molecule has 4 nitrogen and oxygen atoms in total. The monoisotopic (exact) mass is 260 g/mol. The van der Waals surface area contributed by atoms with Gasteiger partial charge in [0.1, 0.15) is 5.82 Å². The zero-order valence-corrected chi connectivity index (χ0v) is 10.2. The fraction of sp³-hybridized carbons (Fsp3) is 0.636. The topological polar surface area (TPSA) is 49.8 Å². The van der Waals surface area contributed by atoms with E-state index in [1.165, 1.54) is 7.05 Å². The lowest BCUT2D eigenvalue weighted by atomic mass is 9.78. The maximum absolute atomic E-state index is 12.7. The van der Waals surface area contributed by atoms with Gasteiger partial charge in [-0.3, -0.25) is 0 Å².